The molecule has 0 aromatic rings. The fourth-order valence-corrected chi connectivity index (χ4v) is 1.52. The fraction of sp³-hybridized carbons (Fsp3) is 0.611. The summed E-state index contributed by atoms with van der Waals surface area (Å²) >= 11 is 0. The fourth-order valence-electron chi connectivity index (χ4n) is 1.52. The Morgan fingerprint density at radius 2 is 0.889 bits per heavy atom. The first-order valence-electron chi connectivity index (χ1n) is 9.92. The van der Waals surface area contributed by atoms with Crippen LogP contribution in [0.15, 0.2) is 0 Å². The molecule has 0 atom stereocenters. The zero-order chi connectivity index (χ0) is 29.1. The van der Waals surface area contributed by atoms with E-state index in [1.165, 1.54) is 6.92 Å². The number of carboxylic acids is 6. The van der Waals surface area contributed by atoms with Crippen molar-refractivity contribution in [1.29, 1.82) is 0 Å². The van der Waals surface area contributed by atoms with Crippen LogP contribution >= 0.6 is 0 Å². The van der Waals surface area contributed by atoms with E-state index in [0.29, 0.717) is 26.2 Å². The summed E-state index contributed by atoms with van der Waals surface area (Å²) in [6.07, 6.45) is -0.361. The van der Waals surface area contributed by atoms with Crippen molar-refractivity contribution < 1.29 is 64.2 Å². The second-order valence-corrected chi connectivity index (χ2v) is 6.32. The molecule has 12 N–H and O–H groups in total. The summed E-state index contributed by atoms with van der Waals surface area (Å²) in [5.41, 5.74) is 9.81. The van der Waals surface area contributed by atoms with E-state index >= 15 is 0 Å². The smallest absolute Gasteiger partial charge is 0.317 e. The largest absolute Gasteiger partial charge is 0.481 e. The third kappa shape index (κ3) is 52.3. The Labute approximate surface area is 205 Å². The number of hydrogen-bond donors (Lipinski definition) is 10. The lowest BCUT2D eigenvalue weighted by Crippen LogP contribution is -2.38. The van der Waals surface area contributed by atoms with Gasteiger partial charge in [-0.3, -0.25) is 38.5 Å². The van der Waals surface area contributed by atoms with Crippen molar-refractivity contribution in [2.75, 3.05) is 58.9 Å². The number of hydrogen-bond acceptors (Lipinski definition) is 12. The predicted molar refractivity (Wildman–Crippen MR) is 121 cm³/mol. The molecular weight excluding hydrogens is 494 g/mol. The number of aliphatic carboxylic acids is 6. The van der Waals surface area contributed by atoms with Gasteiger partial charge in [0.05, 0.1) is 32.7 Å². The van der Waals surface area contributed by atoms with Gasteiger partial charge in [0.2, 0.25) is 0 Å². The molecule has 0 aliphatic heterocycles. The highest BCUT2D eigenvalue weighted by molar-refractivity contribution is 5.93. The molecular formula is C18H35N5O13. The van der Waals surface area contributed by atoms with Gasteiger partial charge in [0.1, 0.15) is 12.2 Å². The summed E-state index contributed by atoms with van der Waals surface area (Å²) in [7, 11) is 0. The number of Topliss-reactive ketones (excluding diaryl/α,β-unsaturated/α-hetero) is 1. The quantitative estimate of drug-likeness (QED) is 0.0669. The lowest BCUT2D eigenvalue weighted by atomic mass is 10.3. The minimum atomic E-state index is -1.26. The van der Waals surface area contributed by atoms with Crippen LogP contribution in [0.1, 0.15) is 13.3 Å². The maximum atomic E-state index is 10.1. The lowest BCUT2D eigenvalue weighted by Gasteiger charge is -2.14. The van der Waals surface area contributed by atoms with Crippen molar-refractivity contribution in [3.63, 3.8) is 0 Å². The van der Waals surface area contributed by atoms with E-state index in [1.54, 1.807) is 0 Å². The molecule has 0 heterocycles. The standard InChI is InChI=1S/C6H12N2O4.C6H9NO6.C4H6O3.C2H8N2/c9-5(10)3-7-1-2-8-4-6(11)12;8-4(9)1-7(2-5(10)11)3-6(12)13;1-3(5)2-4(6)7;3-1-2-4/h7-8H,1-4H2,(H,9,10)(H,11,12);1-3H2,(H,8,9)(H,10,11)(H,12,13);2H2,1H3,(H,6,7);1-4H2. The summed E-state index contributed by atoms with van der Waals surface area (Å²) < 4.78 is 0. The molecule has 0 spiro atoms. The number of nitrogens with two attached hydrogens (primary N) is 2. The van der Waals surface area contributed by atoms with Crippen LogP contribution in [0.3, 0.4) is 0 Å². The van der Waals surface area contributed by atoms with E-state index in [2.05, 4.69) is 10.6 Å². The minimum absolute atomic E-state index is 0.102. The molecule has 18 nitrogen and oxygen atoms in total. The molecule has 0 aromatic carbocycles. The van der Waals surface area contributed by atoms with Crippen LogP contribution < -0.4 is 22.1 Å². The van der Waals surface area contributed by atoms with Crippen LogP contribution in [0, 0.1) is 0 Å². The van der Waals surface area contributed by atoms with Gasteiger partial charge in [-0.25, -0.2) is 0 Å². The van der Waals surface area contributed by atoms with Crippen LogP contribution in [0.4, 0.5) is 0 Å². The van der Waals surface area contributed by atoms with Gasteiger partial charge in [-0.15, -0.1) is 0 Å². The highest BCUT2D eigenvalue weighted by Crippen LogP contribution is 1.87. The molecule has 0 rings (SSSR count). The summed E-state index contributed by atoms with van der Waals surface area (Å²) in [6, 6.07) is 0. The Hall–Kier alpha value is -3.71. The van der Waals surface area contributed by atoms with Gasteiger partial charge >= 0.3 is 35.8 Å². The Bertz CT molecular complexity index is 618. The van der Waals surface area contributed by atoms with Crippen molar-refractivity contribution in [2.45, 2.75) is 13.3 Å². The van der Waals surface area contributed by atoms with E-state index < -0.39 is 55.5 Å². The van der Waals surface area contributed by atoms with Gasteiger partial charge in [-0.2, -0.15) is 0 Å². The number of nitrogens with zero attached hydrogens (tertiary/aromatic N) is 1. The molecule has 0 aliphatic carbocycles. The highest BCUT2D eigenvalue weighted by atomic mass is 16.4. The second kappa shape index (κ2) is 27.5. The first-order chi connectivity index (χ1) is 16.6. The van der Waals surface area contributed by atoms with Gasteiger partial charge in [-0.05, 0) is 6.92 Å². The van der Waals surface area contributed by atoms with E-state index in [-0.39, 0.29) is 25.3 Å². The van der Waals surface area contributed by atoms with Crippen LogP contribution in [0.25, 0.3) is 0 Å². The molecule has 36 heavy (non-hydrogen) atoms. The molecule has 0 saturated heterocycles. The molecule has 18 heteroatoms. The topological polar surface area (TPSA) is 320 Å². The normalized spacial score (nSPS) is 9.22. The number of carboxylic acid groups (broad SMARTS) is 6. The molecule has 0 radical (unpaired) electrons. The van der Waals surface area contributed by atoms with Crippen molar-refractivity contribution in [3.05, 3.63) is 0 Å². The van der Waals surface area contributed by atoms with Crippen molar-refractivity contribution >= 4 is 41.6 Å². The number of carbonyl (C=O) groups excluding carboxylic acids is 1. The monoisotopic (exact) mass is 529 g/mol. The van der Waals surface area contributed by atoms with Crippen molar-refractivity contribution in [1.82, 2.24) is 15.5 Å². The number of ketones is 1. The Balaban J connectivity index is -0.000000205. The molecule has 0 aliphatic rings. The first-order valence-corrected chi connectivity index (χ1v) is 9.92. The average molecular weight is 530 g/mol. The summed E-state index contributed by atoms with van der Waals surface area (Å²) in [4.78, 5) is 70.6. The highest BCUT2D eigenvalue weighted by Gasteiger charge is 2.15. The molecule has 0 unspecified atom stereocenters. The Morgan fingerprint density at radius 1 is 0.583 bits per heavy atom. The van der Waals surface area contributed by atoms with Crippen LogP contribution in [0.2, 0.25) is 0 Å². The average Bonchev–Trinajstić information content (AvgIpc) is 2.68. The number of nitrogens with one attached hydrogen (secondary N) is 2. The number of rotatable bonds is 16. The van der Waals surface area contributed by atoms with Gasteiger partial charge in [-0.1, -0.05) is 0 Å². The van der Waals surface area contributed by atoms with E-state index in [1.807, 2.05) is 0 Å². The number of carbonyl (C=O) groups is 7. The van der Waals surface area contributed by atoms with Crippen LogP contribution in [-0.4, -0.2) is 136 Å². The van der Waals surface area contributed by atoms with E-state index in [4.69, 9.17) is 42.1 Å². The molecule has 0 saturated carbocycles. The maximum absolute atomic E-state index is 10.1. The van der Waals surface area contributed by atoms with Gasteiger partial charge in [0, 0.05) is 26.2 Å². The van der Waals surface area contributed by atoms with Crippen LogP contribution in [0.5, 0.6) is 0 Å². The van der Waals surface area contributed by atoms with Crippen molar-refractivity contribution in [3.8, 4) is 0 Å². The van der Waals surface area contributed by atoms with Gasteiger partial charge in [0.15, 0.2) is 0 Å². The van der Waals surface area contributed by atoms with Gasteiger partial charge < -0.3 is 52.7 Å². The summed E-state index contributed by atoms with van der Waals surface area (Å²) in [5.74, 6) is -7.01. The predicted octanol–water partition coefficient (Wildman–Crippen LogP) is -4.17. The SMILES string of the molecule is CC(=O)CC(=O)O.NCCN.O=C(O)CN(CC(=O)O)CC(=O)O.O=C(O)CNCCNCC(=O)O. The second-order valence-electron chi connectivity index (χ2n) is 6.32. The zero-order valence-electron chi connectivity index (χ0n) is 19.7. The Morgan fingerprint density at radius 3 is 1.03 bits per heavy atom. The van der Waals surface area contributed by atoms with Crippen LogP contribution in [-0.2, 0) is 33.6 Å². The maximum Gasteiger partial charge on any atom is 0.317 e. The first kappa shape index (κ1) is 39.5. The van der Waals surface area contributed by atoms with E-state index in [9.17, 15) is 33.6 Å². The summed E-state index contributed by atoms with van der Waals surface area (Å²) in [5, 5.41) is 54.3. The lowest BCUT2D eigenvalue weighted by molar-refractivity contribution is -0.145. The summed E-state index contributed by atoms with van der Waals surface area (Å²) in [6.45, 7) is 1.33. The minimum Gasteiger partial charge on any atom is -0.481 e. The van der Waals surface area contributed by atoms with Crippen molar-refractivity contribution in [2.24, 2.45) is 11.5 Å². The molecule has 210 valence electrons. The molecule has 0 amide bonds. The van der Waals surface area contributed by atoms with Gasteiger partial charge in [0.25, 0.3) is 0 Å². The third-order valence-corrected chi connectivity index (χ3v) is 2.67. The Kier molecular flexibility index (Phi) is 30.2. The third-order valence-electron chi connectivity index (χ3n) is 2.67. The molecule has 0 aromatic heterocycles. The molecule has 0 fully saturated rings. The van der Waals surface area contributed by atoms with E-state index in [0.717, 1.165) is 4.90 Å². The molecule has 0 bridgehead atoms. The zero-order valence-corrected chi connectivity index (χ0v) is 19.7.